The summed E-state index contributed by atoms with van der Waals surface area (Å²) >= 11 is 5.81. The first-order chi connectivity index (χ1) is 12.0. The van der Waals surface area contributed by atoms with Crippen molar-refractivity contribution in [2.24, 2.45) is 0 Å². The van der Waals surface area contributed by atoms with Crippen LogP contribution in [0, 0.1) is 0 Å². The number of likely N-dealkylation sites (tertiary alicyclic amines) is 1. The molecule has 1 aliphatic heterocycles. The lowest BCUT2D eigenvalue weighted by atomic mass is 10.3. The monoisotopic (exact) mass is 381 g/mol. The van der Waals surface area contributed by atoms with Crippen LogP contribution < -0.4 is 10.0 Å². The summed E-state index contributed by atoms with van der Waals surface area (Å²) in [6.07, 6.45) is 3.93. The highest BCUT2D eigenvalue weighted by Crippen LogP contribution is 2.17. The van der Waals surface area contributed by atoms with E-state index >= 15 is 0 Å². The number of rotatable bonds is 7. The summed E-state index contributed by atoms with van der Waals surface area (Å²) < 4.78 is 27.3. The average molecular weight is 382 g/mol. The van der Waals surface area contributed by atoms with Crippen LogP contribution in [0.25, 0.3) is 0 Å². The van der Waals surface area contributed by atoms with Crippen LogP contribution in [0.2, 0.25) is 5.15 Å². The molecule has 1 saturated heterocycles. The molecule has 7 nitrogen and oxygen atoms in total. The summed E-state index contributed by atoms with van der Waals surface area (Å²) in [6, 6.07) is 8.00. The van der Waals surface area contributed by atoms with Crippen LogP contribution in [0.4, 0.5) is 11.6 Å². The van der Waals surface area contributed by atoms with Crippen LogP contribution in [-0.4, -0.2) is 49.5 Å². The Morgan fingerprint density at radius 2 is 1.84 bits per heavy atom. The Morgan fingerprint density at radius 3 is 2.52 bits per heavy atom. The largest absolute Gasteiger partial charge is 0.324 e. The van der Waals surface area contributed by atoms with Crippen molar-refractivity contribution in [2.45, 2.75) is 17.7 Å². The van der Waals surface area contributed by atoms with Gasteiger partial charge >= 0.3 is 0 Å². The Hall–Kier alpha value is -1.74. The molecule has 134 valence electrons. The second-order valence-electron chi connectivity index (χ2n) is 5.80. The van der Waals surface area contributed by atoms with E-state index in [9.17, 15) is 8.42 Å². The zero-order valence-corrected chi connectivity index (χ0v) is 15.2. The third-order valence-electron chi connectivity index (χ3n) is 3.96. The maximum Gasteiger partial charge on any atom is 0.240 e. The Labute approximate surface area is 152 Å². The number of aromatic nitrogens is 2. The molecule has 0 saturated carbocycles. The summed E-state index contributed by atoms with van der Waals surface area (Å²) in [4.78, 5) is 10.6. The van der Waals surface area contributed by atoms with Gasteiger partial charge in [-0.1, -0.05) is 11.6 Å². The van der Waals surface area contributed by atoms with Gasteiger partial charge in [-0.3, -0.25) is 0 Å². The number of hydrogen-bond donors (Lipinski definition) is 2. The van der Waals surface area contributed by atoms with Crippen LogP contribution in [0.3, 0.4) is 0 Å². The molecule has 2 aromatic rings. The van der Waals surface area contributed by atoms with Gasteiger partial charge in [0.2, 0.25) is 16.0 Å². The normalized spacial score (nSPS) is 15.4. The van der Waals surface area contributed by atoms with E-state index in [1.54, 1.807) is 36.5 Å². The van der Waals surface area contributed by atoms with Gasteiger partial charge in [0, 0.05) is 25.0 Å². The molecule has 1 aliphatic rings. The number of anilines is 2. The van der Waals surface area contributed by atoms with E-state index in [1.807, 2.05) is 0 Å². The van der Waals surface area contributed by atoms with Crippen molar-refractivity contribution in [3.63, 3.8) is 0 Å². The lowest BCUT2D eigenvalue weighted by Gasteiger charge is -2.15. The zero-order valence-electron chi connectivity index (χ0n) is 13.7. The van der Waals surface area contributed by atoms with Crippen LogP contribution in [0.15, 0.2) is 41.4 Å². The summed E-state index contributed by atoms with van der Waals surface area (Å²) in [5.74, 6) is 0.354. The molecule has 9 heteroatoms. The van der Waals surface area contributed by atoms with Crippen LogP contribution >= 0.6 is 11.6 Å². The van der Waals surface area contributed by atoms with Crippen molar-refractivity contribution in [3.05, 3.63) is 41.7 Å². The minimum Gasteiger partial charge on any atom is -0.324 e. The highest BCUT2D eigenvalue weighted by atomic mass is 35.5. The molecule has 25 heavy (non-hydrogen) atoms. The van der Waals surface area contributed by atoms with E-state index in [1.165, 1.54) is 12.8 Å². The van der Waals surface area contributed by atoms with Gasteiger partial charge in [0.25, 0.3) is 0 Å². The predicted molar refractivity (Wildman–Crippen MR) is 97.6 cm³/mol. The molecular formula is C16H20ClN5O2S. The highest BCUT2D eigenvalue weighted by molar-refractivity contribution is 7.89. The molecule has 2 heterocycles. The molecule has 0 aliphatic carbocycles. The van der Waals surface area contributed by atoms with Crippen LogP contribution in [0.5, 0.6) is 0 Å². The summed E-state index contributed by atoms with van der Waals surface area (Å²) in [6.45, 7) is 3.25. The fourth-order valence-electron chi connectivity index (χ4n) is 2.67. The third kappa shape index (κ3) is 5.12. The molecule has 0 amide bonds. The second kappa shape index (κ2) is 8.09. The molecular weight excluding hydrogens is 362 g/mol. The fraction of sp³-hybridized carbons (Fsp3) is 0.375. The van der Waals surface area contributed by atoms with Crippen molar-refractivity contribution in [3.8, 4) is 0 Å². The average Bonchev–Trinajstić information content (AvgIpc) is 3.09. The van der Waals surface area contributed by atoms with E-state index in [0.29, 0.717) is 23.3 Å². The van der Waals surface area contributed by atoms with E-state index < -0.39 is 10.0 Å². The first kappa shape index (κ1) is 18.1. The number of halogens is 1. The van der Waals surface area contributed by atoms with Crippen molar-refractivity contribution in [1.29, 1.82) is 0 Å². The van der Waals surface area contributed by atoms with Gasteiger partial charge in [-0.2, -0.15) is 0 Å². The first-order valence-electron chi connectivity index (χ1n) is 8.11. The van der Waals surface area contributed by atoms with Crippen molar-refractivity contribution in [1.82, 2.24) is 19.6 Å². The van der Waals surface area contributed by atoms with Crippen LogP contribution in [0.1, 0.15) is 12.8 Å². The first-order valence-corrected chi connectivity index (χ1v) is 9.97. The Morgan fingerprint density at radius 1 is 1.12 bits per heavy atom. The topological polar surface area (TPSA) is 87.2 Å². The molecule has 3 rings (SSSR count). The van der Waals surface area contributed by atoms with Gasteiger partial charge in [0.1, 0.15) is 5.15 Å². The fourth-order valence-corrected chi connectivity index (χ4v) is 3.83. The molecule has 0 unspecified atom stereocenters. The third-order valence-corrected chi connectivity index (χ3v) is 5.65. The number of hydrogen-bond acceptors (Lipinski definition) is 6. The minimum atomic E-state index is -3.51. The van der Waals surface area contributed by atoms with Crippen LogP contribution in [-0.2, 0) is 10.0 Å². The Bertz CT molecular complexity index is 808. The van der Waals surface area contributed by atoms with Crippen molar-refractivity contribution < 1.29 is 8.42 Å². The molecule has 1 aromatic heterocycles. The Kier molecular flexibility index (Phi) is 5.85. The second-order valence-corrected chi connectivity index (χ2v) is 7.95. The van der Waals surface area contributed by atoms with Gasteiger partial charge in [0.15, 0.2) is 0 Å². The lowest BCUT2D eigenvalue weighted by Crippen LogP contribution is -2.33. The number of nitrogens with zero attached hydrogens (tertiary/aromatic N) is 3. The number of benzene rings is 1. The molecule has 2 N–H and O–H groups in total. The van der Waals surface area contributed by atoms with E-state index in [4.69, 9.17) is 11.6 Å². The highest BCUT2D eigenvalue weighted by Gasteiger charge is 2.16. The molecule has 1 fully saturated rings. The quantitative estimate of drug-likeness (QED) is 0.715. The van der Waals surface area contributed by atoms with Gasteiger partial charge in [-0.15, -0.1) is 0 Å². The summed E-state index contributed by atoms with van der Waals surface area (Å²) in [7, 11) is -3.51. The SMILES string of the molecule is O=S(=O)(NCCN1CCCC1)c1ccc(Nc2nccc(Cl)n2)cc1. The van der Waals surface area contributed by atoms with Gasteiger partial charge < -0.3 is 10.2 Å². The smallest absolute Gasteiger partial charge is 0.240 e. The summed E-state index contributed by atoms with van der Waals surface area (Å²) in [5.41, 5.74) is 0.679. The molecule has 0 spiro atoms. The van der Waals surface area contributed by atoms with Gasteiger partial charge in [-0.25, -0.2) is 23.1 Å². The van der Waals surface area contributed by atoms with Gasteiger partial charge in [-0.05, 0) is 56.3 Å². The maximum atomic E-state index is 12.3. The van der Waals surface area contributed by atoms with E-state index in [0.717, 1.165) is 19.6 Å². The standard InChI is InChI=1S/C16H20ClN5O2S/c17-15-7-8-18-16(21-15)20-13-3-5-14(6-4-13)25(23,24)19-9-12-22-10-1-2-11-22/h3-8,19H,1-2,9-12H2,(H,18,20,21). The number of sulfonamides is 1. The van der Waals surface area contributed by atoms with E-state index in [-0.39, 0.29) is 4.90 Å². The molecule has 0 radical (unpaired) electrons. The molecule has 0 bridgehead atoms. The maximum absolute atomic E-state index is 12.3. The molecule has 1 aromatic carbocycles. The van der Waals surface area contributed by atoms with E-state index in [2.05, 4.69) is 24.9 Å². The predicted octanol–water partition coefficient (Wildman–Crippen LogP) is 2.25. The Balaban J connectivity index is 1.58. The number of nitrogens with one attached hydrogen (secondary N) is 2. The summed E-state index contributed by atoms with van der Waals surface area (Å²) in [5, 5.41) is 3.31. The van der Waals surface area contributed by atoms with Crippen molar-refractivity contribution >= 4 is 33.3 Å². The van der Waals surface area contributed by atoms with Crippen molar-refractivity contribution in [2.75, 3.05) is 31.5 Å². The van der Waals surface area contributed by atoms with Gasteiger partial charge in [0.05, 0.1) is 4.90 Å². The molecule has 0 atom stereocenters. The minimum absolute atomic E-state index is 0.228. The zero-order chi connectivity index (χ0) is 17.7. The lowest BCUT2D eigenvalue weighted by molar-refractivity contribution is 0.344.